The molecule has 0 saturated heterocycles. The summed E-state index contributed by atoms with van der Waals surface area (Å²) >= 11 is 6.96. The van der Waals surface area contributed by atoms with Gasteiger partial charge in [-0.05, 0) is 68.9 Å². The standard InChI is InChI=1S/C12H8BrIO2S/c1-16-9-3-2-7(14)6-8(9)12(15)10-4-5-11(13)17-10/h2-6H,1H3. The van der Waals surface area contributed by atoms with Crippen molar-refractivity contribution in [2.24, 2.45) is 0 Å². The number of carbonyl (C=O) groups excluding carboxylic acids is 1. The molecule has 5 heteroatoms. The first kappa shape index (κ1) is 13.0. The smallest absolute Gasteiger partial charge is 0.206 e. The Hall–Kier alpha value is -0.400. The van der Waals surface area contributed by atoms with Crippen LogP contribution in [-0.4, -0.2) is 12.9 Å². The fraction of sp³-hybridized carbons (Fsp3) is 0.0833. The molecule has 0 spiro atoms. The summed E-state index contributed by atoms with van der Waals surface area (Å²) < 4.78 is 7.18. The third-order valence-corrected chi connectivity index (χ3v) is 4.50. The molecule has 2 rings (SSSR count). The molecule has 1 aromatic heterocycles. The summed E-state index contributed by atoms with van der Waals surface area (Å²) in [6.45, 7) is 0. The van der Waals surface area contributed by atoms with Crippen molar-refractivity contribution in [2.45, 2.75) is 0 Å². The second-order valence-electron chi connectivity index (χ2n) is 3.28. The fourth-order valence-electron chi connectivity index (χ4n) is 1.43. The Balaban J connectivity index is 2.46. The van der Waals surface area contributed by atoms with Gasteiger partial charge in [-0.2, -0.15) is 0 Å². The summed E-state index contributed by atoms with van der Waals surface area (Å²) in [4.78, 5) is 13.0. The van der Waals surface area contributed by atoms with Crippen molar-refractivity contribution in [1.29, 1.82) is 0 Å². The third-order valence-electron chi connectivity index (χ3n) is 2.20. The highest BCUT2D eigenvalue weighted by molar-refractivity contribution is 14.1. The molecule has 0 aliphatic heterocycles. The lowest BCUT2D eigenvalue weighted by Gasteiger charge is -2.06. The topological polar surface area (TPSA) is 26.3 Å². The minimum atomic E-state index is -0.00364. The summed E-state index contributed by atoms with van der Waals surface area (Å²) in [6.07, 6.45) is 0. The summed E-state index contributed by atoms with van der Waals surface area (Å²) in [5, 5.41) is 0. The van der Waals surface area contributed by atoms with E-state index in [1.807, 2.05) is 30.3 Å². The van der Waals surface area contributed by atoms with Crippen LogP contribution in [0.5, 0.6) is 5.75 Å². The summed E-state index contributed by atoms with van der Waals surface area (Å²) in [5.74, 6) is 0.607. The molecule has 88 valence electrons. The van der Waals surface area contributed by atoms with Crippen LogP contribution in [0, 0.1) is 3.57 Å². The number of benzene rings is 1. The van der Waals surface area contributed by atoms with Gasteiger partial charge in [-0.25, -0.2) is 0 Å². The van der Waals surface area contributed by atoms with Crippen LogP contribution in [0.3, 0.4) is 0 Å². The molecule has 0 bridgehead atoms. The van der Waals surface area contributed by atoms with Crippen molar-refractivity contribution >= 4 is 55.6 Å². The van der Waals surface area contributed by atoms with Crippen LogP contribution in [0.1, 0.15) is 15.2 Å². The Bertz CT molecular complexity index is 565. The monoisotopic (exact) mass is 422 g/mol. The average Bonchev–Trinajstić information content (AvgIpc) is 2.75. The van der Waals surface area contributed by atoms with Crippen LogP contribution in [0.2, 0.25) is 0 Å². The van der Waals surface area contributed by atoms with Gasteiger partial charge in [0.05, 0.1) is 21.3 Å². The number of carbonyl (C=O) groups is 1. The molecule has 0 aliphatic rings. The van der Waals surface area contributed by atoms with Crippen LogP contribution >= 0.6 is 49.9 Å². The van der Waals surface area contributed by atoms with E-state index in [-0.39, 0.29) is 5.78 Å². The second kappa shape index (κ2) is 5.49. The van der Waals surface area contributed by atoms with Gasteiger partial charge in [-0.3, -0.25) is 4.79 Å². The van der Waals surface area contributed by atoms with Crippen LogP contribution in [0.25, 0.3) is 0 Å². The Morgan fingerprint density at radius 1 is 1.35 bits per heavy atom. The van der Waals surface area contributed by atoms with E-state index in [0.29, 0.717) is 16.2 Å². The number of hydrogen-bond donors (Lipinski definition) is 0. The molecule has 1 heterocycles. The van der Waals surface area contributed by atoms with Crippen molar-refractivity contribution in [3.05, 3.63) is 48.1 Å². The van der Waals surface area contributed by atoms with Gasteiger partial charge >= 0.3 is 0 Å². The first-order chi connectivity index (χ1) is 8.11. The quantitative estimate of drug-likeness (QED) is 0.542. The normalized spacial score (nSPS) is 10.3. The van der Waals surface area contributed by atoms with Gasteiger partial charge in [0.2, 0.25) is 5.78 Å². The Morgan fingerprint density at radius 2 is 2.12 bits per heavy atom. The van der Waals surface area contributed by atoms with Gasteiger partial charge in [0.25, 0.3) is 0 Å². The van der Waals surface area contributed by atoms with Gasteiger partial charge in [-0.15, -0.1) is 11.3 Å². The summed E-state index contributed by atoms with van der Waals surface area (Å²) in [7, 11) is 1.57. The molecular weight excluding hydrogens is 415 g/mol. The van der Waals surface area contributed by atoms with E-state index in [0.717, 1.165) is 7.36 Å². The van der Waals surface area contributed by atoms with E-state index in [2.05, 4.69) is 38.5 Å². The Kier molecular flexibility index (Phi) is 4.22. The molecule has 0 aliphatic carbocycles. The number of ether oxygens (including phenoxy) is 1. The maximum atomic E-state index is 12.3. The first-order valence-electron chi connectivity index (χ1n) is 4.75. The van der Waals surface area contributed by atoms with Gasteiger partial charge < -0.3 is 4.74 Å². The molecule has 2 aromatic rings. The molecule has 0 atom stereocenters. The van der Waals surface area contributed by atoms with Crippen molar-refractivity contribution < 1.29 is 9.53 Å². The average molecular weight is 423 g/mol. The zero-order chi connectivity index (χ0) is 12.4. The molecule has 0 saturated carbocycles. The lowest BCUT2D eigenvalue weighted by molar-refractivity contribution is 0.103. The number of rotatable bonds is 3. The largest absolute Gasteiger partial charge is 0.496 e. The van der Waals surface area contributed by atoms with Gasteiger partial charge in [0.15, 0.2) is 0 Å². The van der Waals surface area contributed by atoms with Crippen molar-refractivity contribution in [3.63, 3.8) is 0 Å². The zero-order valence-corrected chi connectivity index (χ0v) is 13.4. The maximum Gasteiger partial charge on any atom is 0.206 e. The molecule has 0 amide bonds. The highest BCUT2D eigenvalue weighted by Crippen LogP contribution is 2.28. The highest BCUT2D eigenvalue weighted by Gasteiger charge is 2.16. The molecule has 0 radical (unpaired) electrons. The van der Waals surface area contributed by atoms with E-state index < -0.39 is 0 Å². The zero-order valence-electron chi connectivity index (χ0n) is 8.87. The Morgan fingerprint density at radius 3 is 2.71 bits per heavy atom. The number of ketones is 1. The lowest BCUT2D eigenvalue weighted by atomic mass is 10.1. The van der Waals surface area contributed by atoms with Crippen LogP contribution < -0.4 is 4.74 Å². The predicted molar refractivity (Wildman–Crippen MR) is 81.2 cm³/mol. The molecule has 2 nitrogen and oxygen atoms in total. The summed E-state index contributed by atoms with van der Waals surface area (Å²) in [5.41, 5.74) is 0.605. The van der Waals surface area contributed by atoms with Crippen molar-refractivity contribution in [2.75, 3.05) is 7.11 Å². The molecule has 17 heavy (non-hydrogen) atoms. The van der Waals surface area contributed by atoms with Crippen molar-refractivity contribution in [3.8, 4) is 5.75 Å². The van der Waals surface area contributed by atoms with Gasteiger partial charge in [-0.1, -0.05) is 0 Å². The molecule has 0 fully saturated rings. The van der Waals surface area contributed by atoms with Crippen molar-refractivity contribution in [1.82, 2.24) is 0 Å². The minimum absolute atomic E-state index is 0.00364. The van der Waals surface area contributed by atoms with E-state index in [9.17, 15) is 4.79 Å². The van der Waals surface area contributed by atoms with Crippen LogP contribution in [-0.2, 0) is 0 Å². The summed E-state index contributed by atoms with van der Waals surface area (Å²) in [6, 6.07) is 9.27. The van der Waals surface area contributed by atoms with Crippen LogP contribution in [0.15, 0.2) is 34.1 Å². The molecule has 0 N–H and O–H groups in total. The Labute approximate surface area is 125 Å². The lowest BCUT2D eigenvalue weighted by Crippen LogP contribution is -2.02. The predicted octanol–water partition coefficient (Wildman–Crippen LogP) is 4.35. The number of methoxy groups -OCH3 is 1. The fourth-order valence-corrected chi connectivity index (χ4v) is 3.26. The van der Waals surface area contributed by atoms with E-state index in [1.54, 1.807) is 7.11 Å². The number of halogens is 2. The molecule has 1 aromatic carbocycles. The van der Waals surface area contributed by atoms with E-state index in [4.69, 9.17) is 4.74 Å². The third kappa shape index (κ3) is 2.89. The SMILES string of the molecule is COc1ccc(I)cc1C(=O)c1ccc(Br)s1. The van der Waals surface area contributed by atoms with Gasteiger partial charge in [0, 0.05) is 3.57 Å². The molecular formula is C12H8BrIO2S. The number of hydrogen-bond acceptors (Lipinski definition) is 3. The van der Waals surface area contributed by atoms with E-state index >= 15 is 0 Å². The van der Waals surface area contributed by atoms with Crippen LogP contribution in [0.4, 0.5) is 0 Å². The number of thiophene rings is 1. The van der Waals surface area contributed by atoms with Gasteiger partial charge in [0.1, 0.15) is 5.75 Å². The minimum Gasteiger partial charge on any atom is -0.496 e. The molecule has 0 unspecified atom stereocenters. The second-order valence-corrected chi connectivity index (χ2v) is 6.99. The maximum absolute atomic E-state index is 12.3. The van der Waals surface area contributed by atoms with E-state index in [1.165, 1.54) is 11.3 Å². The first-order valence-corrected chi connectivity index (χ1v) is 7.44. The highest BCUT2D eigenvalue weighted by atomic mass is 127.